The molecule has 104 valence electrons. The fourth-order valence-electron chi connectivity index (χ4n) is 2.03. The van der Waals surface area contributed by atoms with Crippen LogP contribution in [-0.4, -0.2) is 24.6 Å². The van der Waals surface area contributed by atoms with Crippen molar-refractivity contribution in [3.8, 4) is 10.7 Å². The second kappa shape index (κ2) is 4.43. The summed E-state index contributed by atoms with van der Waals surface area (Å²) in [5.74, 6) is 0.784. The lowest BCUT2D eigenvalue weighted by Crippen LogP contribution is -1.96. The van der Waals surface area contributed by atoms with Crippen LogP contribution in [0, 0.1) is 13.8 Å². The van der Waals surface area contributed by atoms with Gasteiger partial charge in [0.1, 0.15) is 5.82 Å². The van der Waals surface area contributed by atoms with Gasteiger partial charge in [-0.25, -0.2) is 13.4 Å². The van der Waals surface area contributed by atoms with Crippen LogP contribution < -0.4 is 0 Å². The van der Waals surface area contributed by atoms with Gasteiger partial charge in [-0.15, -0.1) is 11.3 Å². The van der Waals surface area contributed by atoms with Crippen molar-refractivity contribution in [2.45, 2.75) is 18.7 Å². The first kappa shape index (κ1) is 13.3. The number of H-pyrrole nitrogens is 1. The molecule has 4 nitrogen and oxygen atoms in total. The quantitative estimate of drug-likeness (QED) is 0.790. The van der Waals surface area contributed by atoms with Crippen LogP contribution in [0.15, 0.2) is 29.2 Å². The molecular weight excluding hydrogens is 292 g/mol. The summed E-state index contributed by atoms with van der Waals surface area (Å²) in [6, 6.07) is 7.05. The molecule has 0 radical (unpaired) electrons. The van der Waals surface area contributed by atoms with Gasteiger partial charge in [0.25, 0.3) is 0 Å². The van der Waals surface area contributed by atoms with E-state index in [1.165, 1.54) is 16.7 Å². The van der Waals surface area contributed by atoms with Crippen molar-refractivity contribution in [2.75, 3.05) is 6.26 Å². The fourth-order valence-corrected chi connectivity index (χ4v) is 3.65. The molecule has 0 unspecified atom stereocenters. The van der Waals surface area contributed by atoms with Crippen molar-refractivity contribution in [3.05, 3.63) is 34.7 Å². The van der Waals surface area contributed by atoms with Crippen LogP contribution in [-0.2, 0) is 9.84 Å². The maximum Gasteiger partial charge on any atom is 0.175 e. The molecule has 0 spiro atoms. The molecule has 0 bridgehead atoms. The molecule has 2 aromatic heterocycles. The highest BCUT2D eigenvalue weighted by molar-refractivity contribution is 7.90. The van der Waals surface area contributed by atoms with E-state index in [1.54, 1.807) is 29.5 Å². The monoisotopic (exact) mass is 306 g/mol. The average molecular weight is 306 g/mol. The highest BCUT2D eigenvalue weighted by Crippen LogP contribution is 2.30. The third-order valence-corrected chi connectivity index (χ3v) is 5.55. The minimum atomic E-state index is -3.20. The number of rotatable bonds is 2. The van der Waals surface area contributed by atoms with Crippen LogP contribution in [0.4, 0.5) is 0 Å². The van der Waals surface area contributed by atoms with Crippen LogP contribution in [0.25, 0.3) is 21.7 Å². The lowest BCUT2D eigenvalue weighted by Gasteiger charge is -1.96. The topological polar surface area (TPSA) is 62.8 Å². The molecule has 0 amide bonds. The van der Waals surface area contributed by atoms with Crippen molar-refractivity contribution < 1.29 is 8.42 Å². The van der Waals surface area contributed by atoms with E-state index in [1.807, 2.05) is 0 Å². The van der Waals surface area contributed by atoms with Gasteiger partial charge < -0.3 is 4.98 Å². The molecule has 0 saturated heterocycles. The molecule has 0 aliphatic heterocycles. The second-order valence-corrected chi connectivity index (χ2v) is 8.16. The highest BCUT2D eigenvalue weighted by Gasteiger charge is 2.12. The Morgan fingerprint density at radius 2 is 1.95 bits per heavy atom. The Balaban J connectivity index is 2.16. The Hall–Kier alpha value is -1.66. The molecule has 1 aromatic carbocycles. The molecule has 0 saturated carbocycles. The smallest absolute Gasteiger partial charge is 0.175 e. The summed E-state index contributed by atoms with van der Waals surface area (Å²) < 4.78 is 23.1. The van der Waals surface area contributed by atoms with Crippen LogP contribution in [0.2, 0.25) is 0 Å². The molecule has 0 atom stereocenters. The zero-order valence-electron chi connectivity index (χ0n) is 11.4. The number of benzene rings is 1. The number of aromatic amines is 1. The minimum Gasteiger partial charge on any atom is -0.337 e. The largest absolute Gasteiger partial charge is 0.337 e. The molecule has 2 heterocycles. The van der Waals surface area contributed by atoms with E-state index in [9.17, 15) is 8.42 Å². The summed E-state index contributed by atoms with van der Waals surface area (Å²) in [5, 5.41) is 0. The van der Waals surface area contributed by atoms with Crippen molar-refractivity contribution in [1.82, 2.24) is 9.97 Å². The summed E-state index contributed by atoms with van der Waals surface area (Å²) in [6.45, 7) is 4.15. The molecule has 1 N–H and O–H groups in total. The van der Waals surface area contributed by atoms with Gasteiger partial charge in [-0.1, -0.05) is 0 Å². The van der Waals surface area contributed by atoms with E-state index in [2.05, 4.69) is 29.9 Å². The minimum absolute atomic E-state index is 0.304. The normalized spacial score (nSPS) is 12.2. The molecule has 3 aromatic rings. The lowest BCUT2D eigenvalue weighted by atomic mass is 10.3. The van der Waals surface area contributed by atoms with E-state index in [-0.39, 0.29) is 0 Å². The van der Waals surface area contributed by atoms with Gasteiger partial charge in [0, 0.05) is 11.1 Å². The molecule has 6 heteroatoms. The number of sulfone groups is 1. The Labute approximate surface area is 121 Å². The molecular formula is C14H14N2O2S2. The summed E-state index contributed by atoms with van der Waals surface area (Å²) >= 11 is 1.68. The molecule has 20 heavy (non-hydrogen) atoms. The van der Waals surface area contributed by atoms with Gasteiger partial charge in [0.05, 0.1) is 20.8 Å². The van der Waals surface area contributed by atoms with E-state index in [0.717, 1.165) is 21.7 Å². The SMILES string of the molecule is Cc1cc(-c2nc3ccc(S(C)(=O)=O)cc3[nH]2)sc1C. The van der Waals surface area contributed by atoms with E-state index in [0.29, 0.717) is 4.90 Å². The predicted octanol–water partition coefficient (Wildman–Crippen LogP) is 3.31. The number of nitrogens with zero attached hydrogens (tertiary/aromatic N) is 1. The van der Waals surface area contributed by atoms with Gasteiger partial charge in [0.15, 0.2) is 9.84 Å². The number of aryl methyl sites for hydroxylation is 2. The molecule has 0 aliphatic carbocycles. The average Bonchev–Trinajstić information content (AvgIpc) is 2.91. The van der Waals surface area contributed by atoms with Gasteiger partial charge in [0.2, 0.25) is 0 Å². The molecule has 0 aliphatic rings. The number of nitrogens with one attached hydrogen (secondary N) is 1. The Morgan fingerprint density at radius 1 is 1.20 bits per heavy atom. The number of hydrogen-bond acceptors (Lipinski definition) is 4. The van der Waals surface area contributed by atoms with Crippen LogP contribution in [0.1, 0.15) is 10.4 Å². The maximum atomic E-state index is 11.6. The second-order valence-electron chi connectivity index (χ2n) is 4.89. The first-order valence-corrected chi connectivity index (χ1v) is 8.82. The number of imidazole rings is 1. The number of fused-ring (bicyclic) bond motifs is 1. The Morgan fingerprint density at radius 3 is 2.55 bits per heavy atom. The Bertz CT molecular complexity index is 885. The van der Waals surface area contributed by atoms with Crippen LogP contribution in [0.5, 0.6) is 0 Å². The fraction of sp³-hybridized carbons (Fsp3) is 0.214. The number of thiophene rings is 1. The van der Waals surface area contributed by atoms with Crippen molar-refractivity contribution >= 4 is 32.2 Å². The lowest BCUT2D eigenvalue weighted by molar-refractivity contribution is 0.602. The number of hydrogen-bond donors (Lipinski definition) is 1. The molecule has 0 fully saturated rings. The van der Waals surface area contributed by atoms with Gasteiger partial charge in [-0.05, 0) is 43.7 Å². The van der Waals surface area contributed by atoms with E-state index >= 15 is 0 Å². The van der Waals surface area contributed by atoms with Crippen molar-refractivity contribution in [3.63, 3.8) is 0 Å². The van der Waals surface area contributed by atoms with Crippen molar-refractivity contribution in [2.24, 2.45) is 0 Å². The van der Waals surface area contributed by atoms with Crippen LogP contribution >= 0.6 is 11.3 Å². The first-order valence-electron chi connectivity index (χ1n) is 6.12. The predicted molar refractivity (Wildman–Crippen MR) is 82.0 cm³/mol. The van der Waals surface area contributed by atoms with Gasteiger partial charge in [-0.2, -0.15) is 0 Å². The van der Waals surface area contributed by atoms with Crippen LogP contribution in [0.3, 0.4) is 0 Å². The summed E-state index contributed by atoms with van der Waals surface area (Å²) in [7, 11) is -3.20. The Kier molecular flexibility index (Phi) is 2.95. The van der Waals surface area contributed by atoms with Gasteiger partial charge >= 0.3 is 0 Å². The summed E-state index contributed by atoms with van der Waals surface area (Å²) in [6.07, 6.45) is 1.21. The highest BCUT2D eigenvalue weighted by atomic mass is 32.2. The zero-order chi connectivity index (χ0) is 14.5. The van der Waals surface area contributed by atoms with E-state index in [4.69, 9.17) is 0 Å². The molecule has 3 rings (SSSR count). The first-order chi connectivity index (χ1) is 9.34. The summed E-state index contributed by atoms with van der Waals surface area (Å²) in [4.78, 5) is 10.4. The number of aromatic nitrogens is 2. The van der Waals surface area contributed by atoms with Crippen molar-refractivity contribution in [1.29, 1.82) is 0 Å². The third-order valence-electron chi connectivity index (χ3n) is 3.28. The zero-order valence-corrected chi connectivity index (χ0v) is 13.0. The third kappa shape index (κ3) is 2.25. The standard InChI is InChI=1S/C14H14N2O2S2/c1-8-6-13(19-9(8)2)14-15-11-5-4-10(20(3,17)18)7-12(11)16-14/h4-7H,1-3H3,(H,15,16). The van der Waals surface area contributed by atoms with E-state index < -0.39 is 9.84 Å². The van der Waals surface area contributed by atoms with Gasteiger partial charge in [-0.3, -0.25) is 0 Å². The maximum absolute atomic E-state index is 11.6. The summed E-state index contributed by atoms with van der Waals surface area (Å²) in [5.41, 5.74) is 2.75.